The molecule has 0 radical (unpaired) electrons. The van der Waals surface area contributed by atoms with E-state index in [1.165, 1.54) is 23.5 Å². The van der Waals surface area contributed by atoms with Crippen molar-refractivity contribution in [2.24, 2.45) is 0 Å². The SMILES string of the molecule is O=C(CN1CCN(Cc2cc(F)cc(F)c2)CC1)c1cccs1. The van der Waals surface area contributed by atoms with Crippen molar-refractivity contribution in [3.05, 3.63) is 57.8 Å². The van der Waals surface area contributed by atoms with Crippen LogP contribution in [0.4, 0.5) is 8.78 Å². The van der Waals surface area contributed by atoms with Crippen molar-refractivity contribution in [1.29, 1.82) is 0 Å². The molecule has 3 nitrogen and oxygen atoms in total. The Hall–Kier alpha value is -1.63. The zero-order valence-electron chi connectivity index (χ0n) is 12.7. The molecule has 0 spiro atoms. The lowest BCUT2D eigenvalue weighted by Crippen LogP contribution is -2.47. The maximum Gasteiger partial charge on any atom is 0.186 e. The maximum absolute atomic E-state index is 13.2. The van der Waals surface area contributed by atoms with Gasteiger partial charge < -0.3 is 0 Å². The minimum absolute atomic E-state index is 0.153. The van der Waals surface area contributed by atoms with E-state index < -0.39 is 11.6 Å². The summed E-state index contributed by atoms with van der Waals surface area (Å²) in [5.41, 5.74) is 0.644. The molecule has 0 amide bonds. The summed E-state index contributed by atoms with van der Waals surface area (Å²) in [5.74, 6) is -0.930. The lowest BCUT2D eigenvalue weighted by molar-refractivity contribution is 0.0847. The van der Waals surface area contributed by atoms with Gasteiger partial charge in [0, 0.05) is 38.8 Å². The first kappa shape index (κ1) is 16.2. The van der Waals surface area contributed by atoms with Crippen molar-refractivity contribution < 1.29 is 13.6 Å². The largest absolute Gasteiger partial charge is 0.297 e. The zero-order valence-corrected chi connectivity index (χ0v) is 13.5. The van der Waals surface area contributed by atoms with Crippen LogP contribution in [0, 0.1) is 11.6 Å². The van der Waals surface area contributed by atoms with E-state index in [0.29, 0.717) is 18.7 Å². The summed E-state index contributed by atoms with van der Waals surface area (Å²) in [5, 5.41) is 1.91. The van der Waals surface area contributed by atoms with Crippen LogP contribution in [0.5, 0.6) is 0 Å². The van der Waals surface area contributed by atoms with Crippen LogP contribution in [0.15, 0.2) is 35.7 Å². The van der Waals surface area contributed by atoms with E-state index in [2.05, 4.69) is 9.80 Å². The quantitative estimate of drug-likeness (QED) is 0.784. The second kappa shape index (κ2) is 7.29. The number of benzene rings is 1. The van der Waals surface area contributed by atoms with Crippen LogP contribution in [-0.4, -0.2) is 48.3 Å². The first-order valence-corrected chi connectivity index (χ1v) is 8.44. The number of rotatable bonds is 5. The van der Waals surface area contributed by atoms with Crippen LogP contribution in [0.25, 0.3) is 0 Å². The van der Waals surface area contributed by atoms with Crippen molar-refractivity contribution in [3.63, 3.8) is 0 Å². The fourth-order valence-corrected chi connectivity index (χ4v) is 3.44. The fraction of sp³-hybridized carbons (Fsp3) is 0.353. The summed E-state index contributed by atoms with van der Waals surface area (Å²) in [4.78, 5) is 17.2. The molecule has 6 heteroatoms. The monoisotopic (exact) mass is 336 g/mol. The van der Waals surface area contributed by atoms with E-state index in [4.69, 9.17) is 0 Å². The maximum atomic E-state index is 13.2. The Bertz CT molecular complexity index is 647. The molecule has 2 aromatic rings. The van der Waals surface area contributed by atoms with Crippen molar-refractivity contribution in [2.75, 3.05) is 32.7 Å². The number of piperazine rings is 1. The van der Waals surface area contributed by atoms with Crippen LogP contribution in [0.2, 0.25) is 0 Å². The normalized spacial score (nSPS) is 16.6. The standard InChI is InChI=1S/C17H18F2N2OS/c18-14-8-13(9-15(19)10-14)11-20-3-5-21(6-4-20)12-16(22)17-2-1-7-23-17/h1-2,7-10H,3-6,11-12H2. The Morgan fingerprint density at radius 1 is 1.04 bits per heavy atom. The summed E-state index contributed by atoms with van der Waals surface area (Å²) in [6.07, 6.45) is 0. The summed E-state index contributed by atoms with van der Waals surface area (Å²) in [7, 11) is 0. The average molecular weight is 336 g/mol. The average Bonchev–Trinajstić information content (AvgIpc) is 3.02. The Kier molecular flexibility index (Phi) is 5.15. The van der Waals surface area contributed by atoms with Gasteiger partial charge in [-0.1, -0.05) is 6.07 Å². The number of halogens is 2. The first-order chi connectivity index (χ1) is 11.1. The van der Waals surface area contributed by atoms with Crippen molar-refractivity contribution in [1.82, 2.24) is 9.80 Å². The van der Waals surface area contributed by atoms with Gasteiger partial charge in [0.05, 0.1) is 11.4 Å². The zero-order chi connectivity index (χ0) is 16.2. The molecule has 0 atom stereocenters. The Morgan fingerprint density at radius 2 is 1.70 bits per heavy atom. The summed E-state index contributed by atoms with van der Waals surface area (Å²) >= 11 is 1.47. The molecule has 1 aliphatic heterocycles. The van der Waals surface area contributed by atoms with Gasteiger partial charge in [-0.3, -0.25) is 14.6 Å². The van der Waals surface area contributed by atoms with Crippen molar-refractivity contribution >= 4 is 17.1 Å². The molecule has 23 heavy (non-hydrogen) atoms. The second-order valence-electron chi connectivity index (χ2n) is 5.73. The predicted octanol–water partition coefficient (Wildman–Crippen LogP) is 3.03. The van der Waals surface area contributed by atoms with Gasteiger partial charge in [0.2, 0.25) is 0 Å². The number of nitrogens with zero attached hydrogens (tertiary/aromatic N) is 2. The molecule has 0 saturated carbocycles. The van der Waals surface area contributed by atoms with E-state index in [1.807, 2.05) is 17.5 Å². The first-order valence-electron chi connectivity index (χ1n) is 7.56. The molecule has 1 aromatic heterocycles. The predicted molar refractivity (Wildman–Crippen MR) is 86.7 cm³/mol. The topological polar surface area (TPSA) is 23.6 Å². The Balaban J connectivity index is 1.49. The second-order valence-corrected chi connectivity index (χ2v) is 6.68. The van der Waals surface area contributed by atoms with Gasteiger partial charge in [-0.15, -0.1) is 11.3 Å². The van der Waals surface area contributed by atoms with E-state index in [1.54, 1.807) is 0 Å². The molecule has 122 valence electrons. The molecule has 0 N–H and O–H groups in total. The summed E-state index contributed by atoms with van der Waals surface area (Å²) in [6, 6.07) is 7.36. The van der Waals surface area contributed by atoms with Crippen molar-refractivity contribution in [2.45, 2.75) is 6.54 Å². The third kappa shape index (κ3) is 4.43. The number of hydrogen-bond acceptors (Lipinski definition) is 4. The molecule has 3 rings (SSSR count). The number of ketones is 1. The van der Waals surface area contributed by atoms with E-state index in [9.17, 15) is 13.6 Å². The number of Topliss-reactive ketones (excluding diaryl/α,β-unsaturated/α-hetero) is 1. The Morgan fingerprint density at radius 3 is 2.30 bits per heavy atom. The molecule has 2 heterocycles. The number of thiophene rings is 1. The van der Waals surface area contributed by atoms with Gasteiger partial charge >= 0.3 is 0 Å². The fourth-order valence-electron chi connectivity index (χ4n) is 2.78. The molecular formula is C17H18F2N2OS. The number of carbonyl (C=O) groups is 1. The third-order valence-corrected chi connectivity index (χ3v) is 4.87. The highest BCUT2D eigenvalue weighted by atomic mass is 32.1. The number of carbonyl (C=O) groups excluding carboxylic acids is 1. The third-order valence-electron chi connectivity index (χ3n) is 3.96. The highest BCUT2D eigenvalue weighted by Crippen LogP contribution is 2.14. The van der Waals surface area contributed by atoms with E-state index >= 15 is 0 Å². The van der Waals surface area contributed by atoms with Crippen LogP contribution in [0.1, 0.15) is 15.2 Å². The number of hydrogen-bond donors (Lipinski definition) is 0. The van der Waals surface area contributed by atoms with Gasteiger partial charge in [0.25, 0.3) is 0 Å². The summed E-state index contributed by atoms with van der Waals surface area (Å²) in [6.45, 7) is 4.11. The van der Waals surface area contributed by atoms with E-state index in [-0.39, 0.29) is 5.78 Å². The van der Waals surface area contributed by atoms with Crippen LogP contribution in [-0.2, 0) is 6.54 Å². The molecule has 1 fully saturated rings. The smallest absolute Gasteiger partial charge is 0.186 e. The highest BCUT2D eigenvalue weighted by molar-refractivity contribution is 7.12. The van der Waals surface area contributed by atoms with Gasteiger partial charge in [0.15, 0.2) is 5.78 Å². The molecule has 0 bridgehead atoms. The minimum atomic E-state index is -0.541. The lowest BCUT2D eigenvalue weighted by Gasteiger charge is -2.34. The molecule has 1 aromatic carbocycles. The van der Waals surface area contributed by atoms with Gasteiger partial charge in [0.1, 0.15) is 11.6 Å². The molecular weight excluding hydrogens is 318 g/mol. The molecule has 1 saturated heterocycles. The van der Waals surface area contributed by atoms with Crippen LogP contribution < -0.4 is 0 Å². The molecule has 0 unspecified atom stereocenters. The van der Waals surface area contributed by atoms with Crippen LogP contribution in [0.3, 0.4) is 0 Å². The molecule has 1 aliphatic rings. The lowest BCUT2D eigenvalue weighted by atomic mass is 10.2. The molecule has 0 aliphatic carbocycles. The Labute approximate surface area is 138 Å². The minimum Gasteiger partial charge on any atom is -0.297 e. The van der Waals surface area contributed by atoms with Gasteiger partial charge in [-0.2, -0.15) is 0 Å². The van der Waals surface area contributed by atoms with Gasteiger partial charge in [-0.25, -0.2) is 8.78 Å². The van der Waals surface area contributed by atoms with Crippen LogP contribution >= 0.6 is 11.3 Å². The van der Waals surface area contributed by atoms with Gasteiger partial charge in [-0.05, 0) is 29.1 Å². The van der Waals surface area contributed by atoms with E-state index in [0.717, 1.165) is 37.1 Å². The summed E-state index contributed by atoms with van der Waals surface area (Å²) < 4.78 is 26.4. The highest BCUT2D eigenvalue weighted by Gasteiger charge is 2.20. The van der Waals surface area contributed by atoms with Crippen molar-refractivity contribution in [3.8, 4) is 0 Å².